The summed E-state index contributed by atoms with van der Waals surface area (Å²) in [4.78, 5) is 16.1. The summed E-state index contributed by atoms with van der Waals surface area (Å²) in [5.41, 5.74) is 1.16. The summed E-state index contributed by atoms with van der Waals surface area (Å²) < 4.78 is 5.24. The van der Waals surface area contributed by atoms with Crippen molar-refractivity contribution in [1.29, 1.82) is 0 Å². The zero-order chi connectivity index (χ0) is 13.7. The first-order valence-corrected chi connectivity index (χ1v) is 7.79. The molecule has 5 heteroatoms. The highest BCUT2D eigenvalue weighted by Gasteiger charge is 2.20. The van der Waals surface area contributed by atoms with Crippen LogP contribution in [0.5, 0.6) is 5.75 Å². The van der Waals surface area contributed by atoms with Gasteiger partial charge in [-0.2, -0.15) is 11.8 Å². The summed E-state index contributed by atoms with van der Waals surface area (Å²) in [5.74, 6) is 1.70. The number of carbonyl (C=O) groups excluding carboxylic acids is 1. The van der Waals surface area contributed by atoms with Crippen molar-refractivity contribution in [1.82, 2.24) is 4.90 Å². The van der Waals surface area contributed by atoms with Crippen LogP contribution < -0.4 is 9.64 Å². The number of amides is 1. The highest BCUT2D eigenvalue weighted by molar-refractivity contribution is 7.99. The highest BCUT2D eigenvalue weighted by Crippen LogP contribution is 2.22. The van der Waals surface area contributed by atoms with Gasteiger partial charge < -0.3 is 14.5 Å². The Morgan fingerprint density at radius 3 is 2.68 bits per heavy atom. The largest absolute Gasteiger partial charge is 0.497 e. The highest BCUT2D eigenvalue weighted by atomic mass is 32.2. The molecule has 1 aromatic rings. The molecule has 0 atom stereocenters. The fourth-order valence-corrected chi connectivity index (χ4v) is 2.67. The number of thioether (sulfide) groups is 1. The third-order valence-electron chi connectivity index (χ3n) is 3.32. The minimum atomic E-state index is 0.248. The summed E-state index contributed by atoms with van der Waals surface area (Å²) in [7, 11) is 1.68. The van der Waals surface area contributed by atoms with Crippen LogP contribution in [-0.4, -0.2) is 56.1 Å². The topological polar surface area (TPSA) is 32.8 Å². The number of rotatable bonds is 4. The first-order chi connectivity index (χ1) is 9.24. The van der Waals surface area contributed by atoms with Crippen molar-refractivity contribution in [3.8, 4) is 5.75 Å². The quantitative estimate of drug-likeness (QED) is 0.840. The van der Waals surface area contributed by atoms with E-state index < -0.39 is 0 Å². The molecule has 0 saturated carbocycles. The van der Waals surface area contributed by atoms with Gasteiger partial charge in [-0.1, -0.05) is 6.07 Å². The molecule has 1 aliphatic rings. The zero-order valence-corrected chi connectivity index (χ0v) is 12.3. The molecule has 1 fully saturated rings. The van der Waals surface area contributed by atoms with Gasteiger partial charge >= 0.3 is 0 Å². The van der Waals surface area contributed by atoms with Gasteiger partial charge in [0.15, 0.2) is 0 Å². The van der Waals surface area contributed by atoms with Crippen molar-refractivity contribution < 1.29 is 9.53 Å². The van der Waals surface area contributed by atoms with E-state index in [1.54, 1.807) is 18.9 Å². The van der Waals surface area contributed by atoms with Crippen LogP contribution in [0.2, 0.25) is 0 Å². The standard InChI is InChI=1S/C14H20N2O2S/c1-18-13-5-3-4-12(10-13)15-6-8-16(9-7-15)14(17)11-19-2/h3-5,10H,6-9,11H2,1-2H3. The molecule has 0 bridgehead atoms. The number of hydrogen-bond acceptors (Lipinski definition) is 4. The molecule has 0 aliphatic carbocycles. The van der Waals surface area contributed by atoms with Gasteiger partial charge in [0.1, 0.15) is 5.75 Å². The average Bonchev–Trinajstić information content (AvgIpc) is 2.48. The van der Waals surface area contributed by atoms with Crippen molar-refractivity contribution in [3.05, 3.63) is 24.3 Å². The van der Waals surface area contributed by atoms with Crippen LogP contribution in [-0.2, 0) is 4.79 Å². The maximum Gasteiger partial charge on any atom is 0.232 e. The van der Waals surface area contributed by atoms with E-state index in [9.17, 15) is 4.79 Å². The van der Waals surface area contributed by atoms with Crippen LogP contribution in [0, 0.1) is 0 Å². The zero-order valence-electron chi connectivity index (χ0n) is 11.5. The number of anilines is 1. The van der Waals surface area contributed by atoms with Crippen LogP contribution in [0.25, 0.3) is 0 Å². The summed E-state index contributed by atoms with van der Waals surface area (Å²) in [6, 6.07) is 8.07. The first-order valence-electron chi connectivity index (χ1n) is 6.40. The summed E-state index contributed by atoms with van der Waals surface area (Å²) in [6.07, 6.45) is 1.96. The molecule has 1 aromatic carbocycles. The van der Waals surface area contributed by atoms with E-state index in [1.165, 1.54) is 0 Å². The molecule has 1 amide bonds. The van der Waals surface area contributed by atoms with Gasteiger partial charge in [0.05, 0.1) is 12.9 Å². The number of nitrogens with zero attached hydrogens (tertiary/aromatic N) is 2. The molecule has 0 spiro atoms. The Morgan fingerprint density at radius 2 is 2.05 bits per heavy atom. The Bertz CT molecular complexity index is 431. The number of methoxy groups -OCH3 is 1. The third-order valence-corrected chi connectivity index (χ3v) is 3.85. The monoisotopic (exact) mass is 280 g/mol. The minimum absolute atomic E-state index is 0.248. The van der Waals surface area contributed by atoms with Gasteiger partial charge in [-0.05, 0) is 18.4 Å². The first kappa shape index (κ1) is 14.1. The molecule has 0 N–H and O–H groups in total. The maximum absolute atomic E-state index is 11.8. The van der Waals surface area contributed by atoms with Crippen molar-refractivity contribution >= 4 is 23.4 Å². The van der Waals surface area contributed by atoms with Crippen molar-refractivity contribution in [2.24, 2.45) is 0 Å². The number of ether oxygens (including phenoxy) is 1. The van der Waals surface area contributed by atoms with Gasteiger partial charge in [0.25, 0.3) is 0 Å². The normalized spacial score (nSPS) is 15.5. The minimum Gasteiger partial charge on any atom is -0.497 e. The van der Waals surface area contributed by atoms with E-state index in [4.69, 9.17) is 4.74 Å². The molecule has 1 aliphatic heterocycles. The molecular weight excluding hydrogens is 260 g/mol. The van der Waals surface area contributed by atoms with Crippen LogP contribution in [0.1, 0.15) is 0 Å². The summed E-state index contributed by atoms with van der Waals surface area (Å²) in [6.45, 7) is 3.37. The van der Waals surface area contributed by atoms with Gasteiger partial charge in [0, 0.05) is 37.9 Å². The SMILES string of the molecule is COc1cccc(N2CCN(C(=O)CSC)CC2)c1. The summed E-state index contributed by atoms with van der Waals surface area (Å²) in [5, 5.41) is 0. The van der Waals surface area contributed by atoms with Gasteiger partial charge in [-0.3, -0.25) is 4.79 Å². The smallest absolute Gasteiger partial charge is 0.232 e. The molecule has 0 unspecified atom stereocenters. The molecule has 19 heavy (non-hydrogen) atoms. The lowest BCUT2D eigenvalue weighted by Crippen LogP contribution is -2.49. The second-order valence-corrected chi connectivity index (χ2v) is 5.37. The lowest BCUT2D eigenvalue weighted by Gasteiger charge is -2.36. The Morgan fingerprint density at radius 1 is 1.32 bits per heavy atom. The lowest BCUT2D eigenvalue weighted by molar-refractivity contribution is -0.128. The Balaban J connectivity index is 1.94. The number of piperazine rings is 1. The molecule has 4 nitrogen and oxygen atoms in total. The van der Waals surface area contributed by atoms with Gasteiger partial charge in [-0.15, -0.1) is 0 Å². The molecule has 104 valence electrons. The van der Waals surface area contributed by atoms with E-state index in [2.05, 4.69) is 11.0 Å². The fraction of sp³-hybridized carbons (Fsp3) is 0.500. The lowest BCUT2D eigenvalue weighted by atomic mass is 10.2. The molecule has 2 rings (SSSR count). The fourth-order valence-electron chi connectivity index (χ4n) is 2.24. The van der Waals surface area contributed by atoms with E-state index in [0.717, 1.165) is 37.6 Å². The maximum atomic E-state index is 11.8. The van der Waals surface area contributed by atoms with Crippen LogP contribution in [0.3, 0.4) is 0 Å². The van der Waals surface area contributed by atoms with Crippen LogP contribution in [0.15, 0.2) is 24.3 Å². The molecular formula is C14H20N2O2S. The second kappa shape index (κ2) is 6.70. The number of benzene rings is 1. The van der Waals surface area contributed by atoms with Crippen molar-refractivity contribution in [2.75, 3.05) is 50.2 Å². The van der Waals surface area contributed by atoms with Gasteiger partial charge in [-0.25, -0.2) is 0 Å². The van der Waals surface area contributed by atoms with Crippen LogP contribution >= 0.6 is 11.8 Å². The van der Waals surface area contributed by atoms with E-state index in [1.807, 2.05) is 29.4 Å². The summed E-state index contributed by atoms with van der Waals surface area (Å²) >= 11 is 1.58. The average molecular weight is 280 g/mol. The van der Waals surface area contributed by atoms with Crippen LogP contribution in [0.4, 0.5) is 5.69 Å². The molecule has 0 radical (unpaired) electrons. The second-order valence-electron chi connectivity index (χ2n) is 4.50. The van der Waals surface area contributed by atoms with Gasteiger partial charge in [0.2, 0.25) is 5.91 Å². The molecule has 1 heterocycles. The van der Waals surface area contributed by atoms with Crippen molar-refractivity contribution in [3.63, 3.8) is 0 Å². The van der Waals surface area contributed by atoms with E-state index >= 15 is 0 Å². The van der Waals surface area contributed by atoms with E-state index in [0.29, 0.717) is 5.75 Å². The third kappa shape index (κ3) is 3.56. The number of carbonyl (C=O) groups is 1. The number of hydrogen-bond donors (Lipinski definition) is 0. The predicted molar refractivity (Wildman–Crippen MR) is 80.2 cm³/mol. The predicted octanol–water partition coefficient (Wildman–Crippen LogP) is 1.71. The van der Waals surface area contributed by atoms with E-state index in [-0.39, 0.29) is 5.91 Å². The Kier molecular flexibility index (Phi) is 4.96. The molecule has 1 saturated heterocycles. The Labute approximate surface area is 118 Å². The Hall–Kier alpha value is -1.36. The van der Waals surface area contributed by atoms with Crippen molar-refractivity contribution in [2.45, 2.75) is 0 Å². The molecule has 0 aromatic heterocycles.